The summed E-state index contributed by atoms with van der Waals surface area (Å²) in [4.78, 5) is 0. The maximum absolute atomic E-state index is 12.8. The number of halogens is 3. The van der Waals surface area contributed by atoms with E-state index in [9.17, 15) is 13.2 Å². The molecule has 0 spiro atoms. The molecule has 19 heavy (non-hydrogen) atoms. The van der Waals surface area contributed by atoms with Gasteiger partial charge in [0.2, 0.25) is 0 Å². The minimum atomic E-state index is -4.44. The van der Waals surface area contributed by atoms with Gasteiger partial charge in [0.15, 0.2) is 11.9 Å². The largest absolute Gasteiger partial charge is 0.417 e. The van der Waals surface area contributed by atoms with Gasteiger partial charge in [-0.1, -0.05) is 19.4 Å². The highest BCUT2D eigenvalue weighted by Gasteiger charge is 2.52. The van der Waals surface area contributed by atoms with Crippen LogP contribution in [0.25, 0.3) is 0 Å². The highest BCUT2D eigenvalue weighted by Crippen LogP contribution is 2.37. The first-order valence-electron chi connectivity index (χ1n) is 6.24. The van der Waals surface area contributed by atoms with Crippen molar-refractivity contribution < 1.29 is 22.6 Å². The van der Waals surface area contributed by atoms with E-state index in [1.54, 1.807) is 0 Å². The summed E-state index contributed by atoms with van der Waals surface area (Å²) in [5.41, 5.74) is -2.24. The summed E-state index contributed by atoms with van der Waals surface area (Å²) in [6, 6.07) is 0. The van der Waals surface area contributed by atoms with E-state index < -0.39 is 18.1 Å². The lowest BCUT2D eigenvalue weighted by Gasteiger charge is -2.33. The Morgan fingerprint density at radius 2 is 1.79 bits per heavy atom. The molecule has 2 atom stereocenters. The van der Waals surface area contributed by atoms with Crippen LogP contribution in [0.5, 0.6) is 0 Å². The molecule has 0 aromatic heterocycles. The first-order chi connectivity index (χ1) is 8.77. The van der Waals surface area contributed by atoms with Gasteiger partial charge >= 0.3 is 6.18 Å². The van der Waals surface area contributed by atoms with Gasteiger partial charge in [-0.05, 0) is 20.3 Å². The topological polar surface area (TPSA) is 18.5 Å². The van der Waals surface area contributed by atoms with Crippen molar-refractivity contribution in [3.63, 3.8) is 0 Å². The molecule has 2 unspecified atom stereocenters. The van der Waals surface area contributed by atoms with Crippen molar-refractivity contribution in [3.8, 4) is 0 Å². The molecule has 0 fully saturated rings. The van der Waals surface area contributed by atoms with Crippen LogP contribution in [0.3, 0.4) is 0 Å². The third-order valence-corrected chi connectivity index (χ3v) is 2.41. The number of rotatable bonds is 8. The van der Waals surface area contributed by atoms with Crippen LogP contribution in [0.1, 0.15) is 40.0 Å². The number of hydrogen-bond donors (Lipinski definition) is 0. The average Bonchev–Trinajstić information content (AvgIpc) is 2.30. The highest BCUT2D eigenvalue weighted by atomic mass is 19.4. The lowest BCUT2D eigenvalue weighted by Crippen LogP contribution is -2.47. The van der Waals surface area contributed by atoms with Gasteiger partial charge < -0.3 is 9.47 Å². The Balaban J connectivity index is 0. The van der Waals surface area contributed by atoms with Crippen LogP contribution in [-0.2, 0) is 9.47 Å². The monoisotopic (exact) mass is 282 g/mol. The molecular formula is C14H25F3O2. The van der Waals surface area contributed by atoms with Gasteiger partial charge in [-0.25, -0.2) is 0 Å². The quantitative estimate of drug-likeness (QED) is 0.359. The second kappa shape index (κ2) is 10.0. The molecule has 0 aromatic rings. The Hall–Kier alpha value is -0.810. The van der Waals surface area contributed by atoms with Crippen molar-refractivity contribution in [2.24, 2.45) is 0 Å². The van der Waals surface area contributed by atoms with Crippen LogP contribution in [0.15, 0.2) is 25.8 Å². The van der Waals surface area contributed by atoms with Crippen molar-refractivity contribution in [1.82, 2.24) is 0 Å². The minimum absolute atomic E-state index is 0.294. The summed E-state index contributed by atoms with van der Waals surface area (Å²) in [6.07, 6.45) is -2.69. The number of ether oxygens (including phenoxy) is 2. The fourth-order valence-electron chi connectivity index (χ4n) is 1.30. The zero-order valence-electron chi connectivity index (χ0n) is 12.1. The maximum Gasteiger partial charge on any atom is 0.417 e. The van der Waals surface area contributed by atoms with Crippen LogP contribution in [0.2, 0.25) is 0 Å². The Bertz CT molecular complexity index is 241. The zero-order chi connectivity index (χ0) is 15.5. The molecule has 0 radical (unpaired) electrons. The number of unbranched alkanes of at least 4 members (excludes halogenated alkanes) is 1. The van der Waals surface area contributed by atoms with Gasteiger partial charge in [0, 0.05) is 13.0 Å². The molecule has 0 aliphatic carbocycles. The van der Waals surface area contributed by atoms with Crippen molar-refractivity contribution in [3.05, 3.63) is 25.8 Å². The summed E-state index contributed by atoms with van der Waals surface area (Å²) >= 11 is 0. The Kier molecular flexibility index (Phi) is 10.8. The van der Waals surface area contributed by atoms with Crippen LogP contribution >= 0.6 is 0 Å². The molecule has 2 nitrogen and oxygen atoms in total. The van der Waals surface area contributed by atoms with Crippen molar-refractivity contribution in [2.45, 2.75) is 58.1 Å². The predicted octanol–water partition coefficient (Wildman–Crippen LogP) is 4.87. The zero-order valence-corrected chi connectivity index (χ0v) is 12.1. The lowest BCUT2D eigenvalue weighted by molar-refractivity contribution is -0.313. The molecule has 0 saturated heterocycles. The number of alkyl halides is 3. The fourth-order valence-corrected chi connectivity index (χ4v) is 1.30. The molecule has 0 amide bonds. The van der Waals surface area contributed by atoms with E-state index in [2.05, 4.69) is 19.7 Å². The van der Waals surface area contributed by atoms with Crippen LogP contribution in [0.4, 0.5) is 13.2 Å². The summed E-state index contributed by atoms with van der Waals surface area (Å²) in [7, 11) is 0. The standard InChI is InChI=1S/C12H21F3O2.C2H4/c1-5-7-9-16-10(3)17-11(4,8-6-2)12(13,14)15;1-2/h6,10H,2,5,7-9H2,1,3-4H3;1-2H2. The summed E-state index contributed by atoms with van der Waals surface area (Å²) in [5, 5.41) is 0. The summed E-state index contributed by atoms with van der Waals surface area (Å²) < 4.78 is 48.6. The molecular weight excluding hydrogens is 257 g/mol. The molecule has 0 aromatic carbocycles. The van der Waals surface area contributed by atoms with Gasteiger partial charge in [0.25, 0.3) is 0 Å². The number of hydrogen-bond acceptors (Lipinski definition) is 2. The van der Waals surface area contributed by atoms with Crippen LogP contribution < -0.4 is 0 Å². The van der Waals surface area contributed by atoms with Crippen molar-refractivity contribution in [1.29, 1.82) is 0 Å². The molecule has 0 bridgehead atoms. The first-order valence-corrected chi connectivity index (χ1v) is 6.24. The third-order valence-electron chi connectivity index (χ3n) is 2.41. The predicted molar refractivity (Wildman–Crippen MR) is 71.9 cm³/mol. The van der Waals surface area contributed by atoms with E-state index in [-0.39, 0.29) is 6.42 Å². The smallest absolute Gasteiger partial charge is 0.353 e. The average molecular weight is 282 g/mol. The second-order valence-corrected chi connectivity index (χ2v) is 4.13. The molecule has 5 heteroatoms. The Morgan fingerprint density at radius 1 is 1.26 bits per heavy atom. The lowest BCUT2D eigenvalue weighted by atomic mass is 10.0. The fraction of sp³-hybridized carbons (Fsp3) is 0.714. The van der Waals surface area contributed by atoms with Gasteiger partial charge in [0.05, 0.1) is 0 Å². The summed E-state index contributed by atoms with van der Waals surface area (Å²) in [5.74, 6) is 0. The van der Waals surface area contributed by atoms with E-state index in [0.29, 0.717) is 6.61 Å². The molecule has 0 aliphatic rings. The summed E-state index contributed by atoms with van der Waals surface area (Å²) in [6.45, 7) is 14.2. The third kappa shape index (κ3) is 8.06. The minimum Gasteiger partial charge on any atom is -0.353 e. The van der Waals surface area contributed by atoms with Gasteiger partial charge in [-0.2, -0.15) is 13.2 Å². The van der Waals surface area contributed by atoms with Crippen LogP contribution in [-0.4, -0.2) is 24.7 Å². The highest BCUT2D eigenvalue weighted by molar-refractivity contribution is 4.90. The first kappa shape index (κ1) is 20.5. The molecule has 0 saturated carbocycles. The molecule has 114 valence electrons. The van der Waals surface area contributed by atoms with E-state index in [1.807, 2.05) is 6.92 Å². The van der Waals surface area contributed by atoms with Gasteiger partial charge in [0.1, 0.15) is 0 Å². The normalized spacial score (nSPS) is 15.9. The Labute approximate surface area is 114 Å². The molecule has 0 aliphatic heterocycles. The van der Waals surface area contributed by atoms with Gasteiger partial charge in [-0.3, -0.25) is 0 Å². The maximum atomic E-state index is 12.8. The van der Waals surface area contributed by atoms with Crippen molar-refractivity contribution in [2.75, 3.05) is 6.61 Å². The SMILES string of the molecule is C=C.C=CCC(C)(OC(C)OCCCC)C(F)(F)F. The second-order valence-electron chi connectivity index (χ2n) is 4.13. The molecule has 0 N–H and O–H groups in total. The Morgan fingerprint density at radius 3 is 2.16 bits per heavy atom. The van der Waals surface area contributed by atoms with Gasteiger partial charge in [-0.15, -0.1) is 19.7 Å². The van der Waals surface area contributed by atoms with E-state index in [1.165, 1.54) is 13.0 Å². The van der Waals surface area contributed by atoms with E-state index in [0.717, 1.165) is 19.8 Å². The van der Waals surface area contributed by atoms with Crippen molar-refractivity contribution >= 4 is 0 Å². The molecule has 0 heterocycles. The molecule has 0 rings (SSSR count). The van der Waals surface area contributed by atoms with E-state index in [4.69, 9.17) is 9.47 Å². The van der Waals surface area contributed by atoms with Crippen LogP contribution in [0, 0.1) is 0 Å². The van der Waals surface area contributed by atoms with E-state index >= 15 is 0 Å².